The lowest BCUT2D eigenvalue weighted by atomic mass is 9.97. The van der Waals surface area contributed by atoms with Gasteiger partial charge >= 0.3 is 0 Å². The van der Waals surface area contributed by atoms with Gasteiger partial charge in [0.1, 0.15) is 0 Å². The predicted molar refractivity (Wildman–Crippen MR) is 53.1 cm³/mol. The van der Waals surface area contributed by atoms with Crippen LogP contribution in [0.2, 0.25) is 0 Å². The lowest BCUT2D eigenvalue weighted by Crippen LogP contribution is -2.33. The van der Waals surface area contributed by atoms with Crippen LogP contribution in [0, 0.1) is 18.3 Å². The fourth-order valence-electron chi connectivity index (χ4n) is 1.77. The molecule has 0 aromatic heterocycles. The molecule has 4 heteroatoms. The van der Waals surface area contributed by atoms with Crippen molar-refractivity contribution in [2.75, 3.05) is 18.6 Å². The highest BCUT2D eigenvalue weighted by molar-refractivity contribution is 7.91. The molecule has 2 atom stereocenters. The Morgan fingerprint density at radius 3 is 2.77 bits per heavy atom. The van der Waals surface area contributed by atoms with Crippen LogP contribution in [0.4, 0.5) is 0 Å². The molecule has 0 saturated carbocycles. The van der Waals surface area contributed by atoms with Crippen molar-refractivity contribution in [1.29, 1.82) is 0 Å². The molecule has 1 rings (SSSR count). The Balaban J connectivity index is 2.59. The highest BCUT2D eigenvalue weighted by Crippen LogP contribution is 2.22. The zero-order valence-corrected chi connectivity index (χ0v) is 8.60. The smallest absolute Gasteiger partial charge is 0.150 e. The third-order valence-electron chi connectivity index (χ3n) is 2.55. The van der Waals surface area contributed by atoms with Crippen molar-refractivity contribution in [3.63, 3.8) is 0 Å². The van der Waals surface area contributed by atoms with Gasteiger partial charge < -0.3 is 5.32 Å². The van der Waals surface area contributed by atoms with Crippen LogP contribution in [-0.4, -0.2) is 33.0 Å². The molecule has 0 bridgehead atoms. The summed E-state index contributed by atoms with van der Waals surface area (Å²) in [6.45, 7) is 0. The summed E-state index contributed by atoms with van der Waals surface area (Å²) < 4.78 is 22.4. The molecule has 0 aromatic rings. The molecule has 0 radical (unpaired) electrons. The Hall–Kier alpha value is -0.530. The van der Waals surface area contributed by atoms with Crippen molar-refractivity contribution in [1.82, 2.24) is 5.32 Å². The molecule has 1 aliphatic heterocycles. The zero-order valence-electron chi connectivity index (χ0n) is 7.79. The van der Waals surface area contributed by atoms with Crippen LogP contribution in [0.1, 0.15) is 12.8 Å². The maximum absolute atomic E-state index is 11.2. The number of hydrogen-bond acceptors (Lipinski definition) is 3. The summed E-state index contributed by atoms with van der Waals surface area (Å²) in [5.41, 5.74) is 0. The number of rotatable bonds is 3. The van der Waals surface area contributed by atoms with Crippen molar-refractivity contribution in [2.24, 2.45) is 5.92 Å². The summed E-state index contributed by atoms with van der Waals surface area (Å²) in [4.78, 5) is 0. The first-order valence-electron chi connectivity index (χ1n) is 4.40. The molecule has 1 fully saturated rings. The molecule has 3 nitrogen and oxygen atoms in total. The maximum Gasteiger partial charge on any atom is 0.150 e. The predicted octanol–water partition coefficient (Wildman–Crippen LogP) is 0.0324. The van der Waals surface area contributed by atoms with Crippen molar-refractivity contribution in [2.45, 2.75) is 18.9 Å². The number of hydrogen-bond donors (Lipinski definition) is 1. The second-order valence-corrected chi connectivity index (χ2v) is 5.70. The Labute approximate surface area is 79.8 Å². The van der Waals surface area contributed by atoms with Crippen LogP contribution in [0.25, 0.3) is 0 Å². The van der Waals surface area contributed by atoms with E-state index in [4.69, 9.17) is 6.42 Å². The quantitative estimate of drug-likeness (QED) is 0.655. The van der Waals surface area contributed by atoms with E-state index in [-0.39, 0.29) is 12.0 Å². The van der Waals surface area contributed by atoms with Crippen LogP contribution in [0.3, 0.4) is 0 Å². The normalized spacial score (nSPS) is 28.2. The number of sulfone groups is 1. The van der Waals surface area contributed by atoms with E-state index in [1.54, 1.807) is 0 Å². The van der Waals surface area contributed by atoms with E-state index < -0.39 is 9.84 Å². The van der Waals surface area contributed by atoms with Gasteiger partial charge in [0.15, 0.2) is 9.84 Å². The van der Waals surface area contributed by atoms with E-state index in [0.717, 1.165) is 6.42 Å². The summed E-state index contributed by atoms with van der Waals surface area (Å²) in [5, 5.41) is 3.08. The highest BCUT2D eigenvalue weighted by Gasteiger charge is 2.32. The first-order chi connectivity index (χ1) is 6.09. The van der Waals surface area contributed by atoms with E-state index in [0.29, 0.717) is 17.9 Å². The minimum atomic E-state index is -2.78. The number of nitrogens with one attached hydrogen (secondary N) is 1. The van der Waals surface area contributed by atoms with Gasteiger partial charge in [-0.25, -0.2) is 8.42 Å². The van der Waals surface area contributed by atoms with E-state index in [1.807, 2.05) is 7.05 Å². The van der Waals surface area contributed by atoms with Crippen LogP contribution in [0.5, 0.6) is 0 Å². The first-order valence-corrected chi connectivity index (χ1v) is 6.22. The lowest BCUT2D eigenvalue weighted by Gasteiger charge is -2.19. The molecule has 1 saturated heterocycles. The SMILES string of the molecule is C#CCC(NC)C1CCS(=O)(=O)C1. The summed E-state index contributed by atoms with van der Waals surface area (Å²) >= 11 is 0. The molecule has 0 spiro atoms. The van der Waals surface area contributed by atoms with Gasteiger partial charge in [0.05, 0.1) is 11.5 Å². The average Bonchev–Trinajstić information content (AvgIpc) is 2.42. The minimum absolute atomic E-state index is 0.155. The molecular weight excluding hydrogens is 186 g/mol. The third kappa shape index (κ3) is 2.71. The minimum Gasteiger partial charge on any atom is -0.316 e. The number of terminal acetylenes is 1. The maximum atomic E-state index is 11.2. The van der Waals surface area contributed by atoms with Crippen LogP contribution >= 0.6 is 0 Å². The summed E-state index contributed by atoms with van der Waals surface area (Å²) in [6, 6.07) is 0.155. The van der Waals surface area contributed by atoms with Crippen LogP contribution in [0.15, 0.2) is 0 Å². The molecule has 0 aromatic carbocycles. The Morgan fingerprint density at radius 2 is 2.38 bits per heavy atom. The molecule has 2 unspecified atom stereocenters. The Bertz CT molecular complexity index is 302. The fourth-order valence-corrected chi connectivity index (χ4v) is 3.65. The molecule has 13 heavy (non-hydrogen) atoms. The second-order valence-electron chi connectivity index (χ2n) is 3.47. The topological polar surface area (TPSA) is 46.2 Å². The van der Waals surface area contributed by atoms with Crippen LogP contribution < -0.4 is 5.32 Å². The van der Waals surface area contributed by atoms with E-state index in [1.165, 1.54) is 0 Å². The molecule has 74 valence electrons. The van der Waals surface area contributed by atoms with Crippen molar-refractivity contribution in [3.05, 3.63) is 0 Å². The molecule has 1 N–H and O–H groups in total. The van der Waals surface area contributed by atoms with E-state index in [9.17, 15) is 8.42 Å². The van der Waals surface area contributed by atoms with Gasteiger partial charge in [0.25, 0.3) is 0 Å². The van der Waals surface area contributed by atoms with Crippen molar-refractivity contribution >= 4 is 9.84 Å². The second kappa shape index (κ2) is 4.12. The molecule has 0 amide bonds. The van der Waals surface area contributed by atoms with Gasteiger partial charge in [-0.3, -0.25) is 0 Å². The van der Waals surface area contributed by atoms with E-state index in [2.05, 4.69) is 11.2 Å². The standard InChI is InChI=1S/C9H15NO2S/c1-3-4-9(10-2)8-5-6-13(11,12)7-8/h1,8-10H,4-7H2,2H3. The molecular formula is C9H15NO2S. The largest absolute Gasteiger partial charge is 0.316 e. The molecule has 1 aliphatic rings. The molecule has 0 aliphatic carbocycles. The van der Waals surface area contributed by atoms with E-state index >= 15 is 0 Å². The van der Waals surface area contributed by atoms with Gasteiger partial charge in [-0.15, -0.1) is 12.3 Å². The Kier molecular flexibility index (Phi) is 3.34. The van der Waals surface area contributed by atoms with Gasteiger partial charge in [-0.2, -0.15) is 0 Å². The fraction of sp³-hybridized carbons (Fsp3) is 0.778. The average molecular weight is 201 g/mol. The summed E-state index contributed by atoms with van der Waals surface area (Å²) in [7, 11) is -0.951. The van der Waals surface area contributed by atoms with Gasteiger partial charge in [-0.05, 0) is 19.4 Å². The third-order valence-corrected chi connectivity index (χ3v) is 4.34. The Morgan fingerprint density at radius 1 is 1.69 bits per heavy atom. The monoisotopic (exact) mass is 201 g/mol. The van der Waals surface area contributed by atoms with Crippen molar-refractivity contribution in [3.8, 4) is 12.3 Å². The van der Waals surface area contributed by atoms with Gasteiger partial charge in [0.2, 0.25) is 0 Å². The summed E-state index contributed by atoms with van der Waals surface area (Å²) in [5.74, 6) is 3.38. The van der Waals surface area contributed by atoms with Gasteiger partial charge in [0, 0.05) is 12.5 Å². The lowest BCUT2D eigenvalue weighted by molar-refractivity contribution is 0.412. The molecule has 1 heterocycles. The summed E-state index contributed by atoms with van der Waals surface area (Å²) in [6.07, 6.45) is 6.55. The van der Waals surface area contributed by atoms with Crippen LogP contribution in [-0.2, 0) is 9.84 Å². The zero-order chi connectivity index (χ0) is 9.90. The highest BCUT2D eigenvalue weighted by atomic mass is 32.2. The van der Waals surface area contributed by atoms with Gasteiger partial charge in [-0.1, -0.05) is 0 Å². The first kappa shape index (κ1) is 10.6. The van der Waals surface area contributed by atoms with Crippen molar-refractivity contribution < 1.29 is 8.42 Å².